The van der Waals surface area contributed by atoms with Crippen LogP contribution in [-0.4, -0.2) is 119 Å². The molecule has 6 saturated carbocycles. The summed E-state index contributed by atoms with van der Waals surface area (Å²) < 4.78 is 94.5. The number of Topliss-reactive ketones (excluding diaryl/α,β-unsaturated/α-hetero) is 2. The average Bonchev–Trinajstić information content (AvgIpc) is 1.76. The summed E-state index contributed by atoms with van der Waals surface area (Å²) in [7, 11) is -4.00. The van der Waals surface area contributed by atoms with Gasteiger partial charge in [-0.15, -0.1) is 0 Å². The Labute approximate surface area is 471 Å². The van der Waals surface area contributed by atoms with E-state index in [1.807, 2.05) is 13.8 Å². The number of allylic oxidation sites excluding steroid dienone is 8. The molecule has 16 nitrogen and oxygen atoms in total. The summed E-state index contributed by atoms with van der Waals surface area (Å²) in [6.45, 7) is 15.0. The lowest BCUT2D eigenvalue weighted by Gasteiger charge is -2.62. The van der Waals surface area contributed by atoms with Crippen LogP contribution in [0, 0.1) is 52.3 Å². The Balaban J connectivity index is 0.000000170. The van der Waals surface area contributed by atoms with E-state index in [9.17, 15) is 42.6 Å². The Hall–Kier alpha value is -5.12. The number of hydrogen-bond donors (Lipinski definition) is 4. The molecule has 10 aliphatic rings. The molecule has 1 amide bonds. The van der Waals surface area contributed by atoms with Crippen LogP contribution in [0.2, 0.25) is 0 Å². The maximum atomic E-state index is 17.5. The van der Waals surface area contributed by atoms with Crippen LogP contribution < -0.4 is 14.8 Å². The van der Waals surface area contributed by atoms with Gasteiger partial charge in [0.25, 0.3) is 0 Å². The van der Waals surface area contributed by atoms with Crippen molar-refractivity contribution in [2.45, 2.75) is 177 Å². The first kappa shape index (κ1) is 57.7. The zero-order valence-corrected chi connectivity index (χ0v) is 48.1. The number of amides is 1. The van der Waals surface area contributed by atoms with Crippen LogP contribution in [0.5, 0.6) is 5.75 Å². The van der Waals surface area contributed by atoms with Gasteiger partial charge in [-0.25, -0.2) is 26.7 Å². The van der Waals surface area contributed by atoms with E-state index in [1.165, 1.54) is 36.4 Å². The minimum absolute atomic E-state index is 0.0362. The van der Waals surface area contributed by atoms with E-state index in [1.54, 1.807) is 103 Å². The van der Waals surface area contributed by atoms with E-state index in [4.69, 9.17) is 23.7 Å². The number of rotatable bonds is 9. The summed E-state index contributed by atoms with van der Waals surface area (Å²) in [5.41, 5.74) is -9.37. The molecule has 8 unspecified atom stereocenters. The standard InChI is InChI=1S/C31H38FNO7S.C31H36FNO7/c1-18-7-6-8-21(13-18)41(37,38)33-17-25(36)31-26(39-27(2,3)40-31)15-23-22-10-9-19-14-20(34)11-12-28(19,4)30(22,32)24(35)16-29(23,31)5;1-27(2)39-25-15-22-21-11-10-18-14-19(34)12-13-28(18,3)30(21,32)23(35)16-29(22,4)31(25,40-27)24(36)17-33-26(37)38-20-8-6-5-7-9-20/h6-8,11-14,22-24,26,33,35H,9-10,15-17H2,1-5H3;5-9,12-14,21-23,25,35H,10-11,15-17H2,1-4H3,(H,33,37)/t22?,23?,24-,26+,28?,29?,30-,31+;21?,22?,23-,25+,28?,29?,30-,31+/m00/s1. The number of benzene rings is 2. The van der Waals surface area contributed by atoms with Crippen LogP contribution in [0.1, 0.15) is 112 Å². The molecule has 2 aromatic carbocycles. The van der Waals surface area contributed by atoms with E-state index in [0.717, 1.165) is 5.56 Å². The third-order valence-electron chi connectivity index (χ3n) is 21.2. The minimum Gasteiger partial charge on any atom is -0.410 e. The number of para-hydroxylation sites is 1. The van der Waals surface area contributed by atoms with Crippen molar-refractivity contribution in [3.63, 3.8) is 0 Å². The van der Waals surface area contributed by atoms with Crippen LogP contribution in [0.4, 0.5) is 13.6 Å². The van der Waals surface area contributed by atoms with E-state index < -0.39 is 132 Å². The number of sulfonamides is 1. The molecule has 16 atom stereocenters. The van der Waals surface area contributed by atoms with Crippen LogP contribution >= 0.6 is 0 Å². The molecule has 8 fully saturated rings. The topological polar surface area (TPSA) is 230 Å². The quantitative estimate of drug-likeness (QED) is 0.187. The molecule has 2 aromatic rings. The number of halogens is 2. The Morgan fingerprint density at radius 2 is 1.14 bits per heavy atom. The molecule has 8 aliphatic carbocycles. The summed E-state index contributed by atoms with van der Waals surface area (Å²) >= 11 is 0. The predicted octanol–water partition coefficient (Wildman–Crippen LogP) is 7.93. The first-order valence-corrected chi connectivity index (χ1v) is 29.8. The fourth-order valence-corrected chi connectivity index (χ4v) is 18.8. The second kappa shape index (κ2) is 18.9. The molecule has 0 bridgehead atoms. The number of aliphatic hydroxyl groups is 2. The number of aliphatic hydroxyl groups excluding tert-OH is 2. The van der Waals surface area contributed by atoms with Gasteiger partial charge >= 0.3 is 6.09 Å². The van der Waals surface area contributed by atoms with Gasteiger partial charge in [-0.05, 0) is 166 Å². The van der Waals surface area contributed by atoms with Crippen LogP contribution in [-0.2, 0) is 48.1 Å². The summed E-state index contributed by atoms with van der Waals surface area (Å²) in [5, 5.41) is 25.9. The highest BCUT2D eigenvalue weighted by molar-refractivity contribution is 7.89. The van der Waals surface area contributed by atoms with Crippen molar-refractivity contribution in [1.82, 2.24) is 10.0 Å². The molecule has 436 valence electrons. The SMILES string of the molecule is CC1(C)O[C@@H]2CC3C4CCC5=CC(=O)C=CC5(C)[C@@]4(F)[C@@H](O)CC3(C)[C@]2(C(=O)CNC(=O)Oc2ccccc2)O1.Cc1cccc(S(=O)(=O)NCC(=O)[C@@]23OC(C)(C)O[C@@H]2CC2C4CCC5=CC(=O)C=CC5(C)[C@@]4(F)[C@@H](O)CC23C)c1. The lowest BCUT2D eigenvalue weighted by molar-refractivity contribution is -0.245. The summed E-state index contributed by atoms with van der Waals surface area (Å²) in [4.78, 5) is 65.1. The fourth-order valence-electron chi connectivity index (χ4n) is 17.7. The van der Waals surface area contributed by atoms with E-state index >= 15 is 8.78 Å². The van der Waals surface area contributed by atoms with Gasteiger partial charge in [0, 0.05) is 33.5 Å². The highest BCUT2D eigenvalue weighted by atomic mass is 32.2. The minimum atomic E-state index is -4.00. The van der Waals surface area contributed by atoms with Crippen molar-refractivity contribution in [2.24, 2.45) is 45.3 Å². The molecular weight excluding hydrogens is 1070 g/mol. The van der Waals surface area contributed by atoms with Crippen molar-refractivity contribution in [3.8, 4) is 5.75 Å². The maximum absolute atomic E-state index is 17.5. The lowest BCUT2D eigenvalue weighted by Crippen LogP contribution is -2.70. The summed E-state index contributed by atoms with van der Waals surface area (Å²) in [6.07, 6.45) is 6.30. The number of hydrogen-bond acceptors (Lipinski definition) is 14. The Kier molecular flexibility index (Phi) is 13.5. The number of ketones is 4. The first-order valence-electron chi connectivity index (χ1n) is 28.3. The van der Waals surface area contributed by atoms with Crippen molar-refractivity contribution in [1.29, 1.82) is 0 Å². The monoisotopic (exact) mass is 1140 g/mol. The van der Waals surface area contributed by atoms with Crippen LogP contribution in [0.15, 0.2) is 107 Å². The van der Waals surface area contributed by atoms with Gasteiger partial charge in [0.15, 0.2) is 57.2 Å². The number of fused-ring (bicyclic) bond motifs is 14. The molecular formula is C62H74F2N2O14S. The van der Waals surface area contributed by atoms with Gasteiger partial charge in [-0.1, -0.05) is 67.5 Å². The van der Waals surface area contributed by atoms with Crippen molar-refractivity contribution in [3.05, 3.63) is 108 Å². The van der Waals surface area contributed by atoms with Crippen LogP contribution in [0.3, 0.4) is 0 Å². The Morgan fingerprint density at radius 1 is 0.667 bits per heavy atom. The Bertz CT molecular complexity index is 3250. The highest BCUT2D eigenvalue weighted by Gasteiger charge is 2.82. The third kappa shape index (κ3) is 8.23. The zero-order valence-electron chi connectivity index (χ0n) is 47.3. The molecule has 12 rings (SSSR count). The second-order valence-corrected chi connectivity index (χ2v) is 28.0. The van der Waals surface area contributed by atoms with Gasteiger partial charge in [-0.3, -0.25) is 19.2 Å². The molecule has 2 heterocycles. The molecule has 0 spiro atoms. The number of alkyl halides is 2. The largest absolute Gasteiger partial charge is 0.412 e. The fraction of sp³-hybridized carbons (Fsp3) is 0.597. The molecule has 2 saturated heterocycles. The summed E-state index contributed by atoms with van der Waals surface area (Å²) in [5.74, 6) is -5.11. The smallest absolute Gasteiger partial charge is 0.410 e. The molecule has 81 heavy (non-hydrogen) atoms. The van der Waals surface area contributed by atoms with E-state index in [-0.39, 0.29) is 41.8 Å². The molecule has 0 aromatic heterocycles. The molecule has 0 radical (unpaired) electrons. The number of carbonyl (C=O) groups excluding carboxylic acids is 5. The van der Waals surface area contributed by atoms with E-state index in [0.29, 0.717) is 55.4 Å². The third-order valence-corrected chi connectivity index (χ3v) is 22.6. The highest BCUT2D eigenvalue weighted by Crippen LogP contribution is 2.74. The first-order chi connectivity index (χ1) is 37.8. The number of nitrogens with one attached hydrogen (secondary N) is 2. The van der Waals surface area contributed by atoms with Gasteiger partial charge in [-0.2, -0.15) is 0 Å². The van der Waals surface area contributed by atoms with Gasteiger partial charge in [0.1, 0.15) is 5.75 Å². The second-order valence-electron chi connectivity index (χ2n) is 26.2. The maximum Gasteiger partial charge on any atom is 0.412 e. The average molecular weight is 1140 g/mol. The van der Waals surface area contributed by atoms with Crippen molar-refractivity contribution in [2.75, 3.05) is 13.1 Å². The van der Waals surface area contributed by atoms with Gasteiger partial charge < -0.3 is 39.2 Å². The Morgan fingerprint density at radius 3 is 1.60 bits per heavy atom. The van der Waals surface area contributed by atoms with Crippen molar-refractivity contribution >= 4 is 39.2 Å². The summed E-state index contributed by atoms with van der Waals surface area (Å²) in [6, 6.07) is 14.9. The number of ether oxygens (including phenoxy) is 5. The van der Waals surface area contributed by atoms with Crippen molar-refractivity contribution < 1.29 is 75.1 Å². The number of carbonyl (C=O) groups is 5. The van der Waals surface area contributed by atoms with E-state index in [2.05, 4.69) is 10.0 Å². The number of aryl methyl sites for hydroxylation is 1. The predicted molar refractivity (Wildman–Crippen MR) is 290 cm³/mol. The molecule has 2 aliphatic heterocycles. The van der Waals surface area contributed by atoms with Gasteiger partial charge in [0.2, 0.25) is 10.0 Å². The molecule has 19 heteroatoms. The van der Waals surface area contributed by atoms with Crippen LogP contribution in [0.25, 0.3) is 0 Å². The molecule has 4 N–H and O–H groups in total. The zero-order chi connectivity index (χ0) is 58.5. The van der Waals surface area contributed by atoms with Gasteiger partial charge in [0.05, 0.1) is 42.4 Å². The normalized spacial score (nSPS) is 42.6. The lowest BCUT2D eigenvalue weighted by atomic mass is 9.44.